The smallest absolute Gasteiger partial charge is 0.320 e. The quantitative estimate of drug-likeness (QED) is 0.566. The highest BCUT2D eigenvalue weighted by Crippen LogP contribution is 2.10. The second kappa shape index (κ2) is 9.54. The summed E-state index contributed by atoms with van der Waals surface area (Å²) in [6.07, 6.45) is 0. The van der Waals surface area contributed by atoms with Gasteiger partial charge in [0.2, 0.25) is 0 Å². The number of benzene rings is 3. The largest absolute Gasteiger partial charge is 0.460 e. The Hall–Kier alpha value is -2.91. The maximum absolute atomic E-state index is 12.3. The van der Waals surface area contributed by atoms with E-state index in [1.807, 2.05) is 66.7 Å². The van der Waals surface area contributed by atoms with Gasteiger partial charge in [-0.3, -0.25) is 9.69 Å². The first-order valence-corrected chi connectivity index (χ1v) is 8.79. The molecule has 26 heavy (non-hydrogen) atoms. The third-order valence-corrected chi connectivity index (χ3v) is 4.09. The van der Waals surface area contributed by atoms with Crippen molar-refractivity contribution in [2.45, 2.75) is 19.7 Å². The minimum atomic E-state index is -0.208. The van der Waals surface area contributed by atoms with Crippen LogP contribution < -0.4 is 0 Å². The fourth-order valence-electron chi connectivity index (χ4n) is 2.82. The summed E-state index contributed by atoms with van der Waals surface area (Å²) >= 11 is 0. The van der Waals surface area contributed by atoms with Crippen LogP contribution in [0.2, 0.25) is 0 Å². The highest BCUT2D eigenvalue weighted by atomic mass is 16.5. The Morgan fingerprint density at radius 1 is 0.654 bits per heavy atom. The Kier molecular flexibility index (Phi) is 6.57. The lowest BCUT2D eigenvalue weighted by Gasteiger charge is -2.21. The van der Waals surface area contributed by atoms with Gasteiger partial charge in [-0.15, -0.1) is 0 Å². The van der Waals surface area contributed by atoms with Gasteiger partial charge in [0.1, 0.15) is 6.61 Å². The van der Waals surface area contributed by atoms with Gasteiger partial charge in [0.05, 0.1) is 6.54 Å². The second-order valence-electron chi connectivity index (χ2n) is 6.26. The molecule has 0 amide bonds. The summed E-state index contributed by atoms with van der Waals surface area (Å²) in [5.41, 5.74) is 3.36. The van der Waals surface area contributed by atoms with Crippen molar-refractivity contribution in [2.75, 3.05) is 6.54 Å². The van der Waals surface area contributed by atoms with Crippen LogP contribution in [0.4, 0.5) is 0 Å². The van der Waals surface area contributed by atoms with Gasteiger partial charge in [-0.1, -0.05) is 91.0 Å². The Balaban J connectivity index is 1.61. The van der Waals surface area contributed by atoms with Crippen molar-refractivity contribution < 1.29 is 9.53 Å². The first kappa shape index (κ1) is 17.9. The summed E-state index contributed by atoms with van der Waals surface area (Å²) in [6, 6.07) is 30.1. The first-order chi connectivity index (χ1) is 12.8. The van der Waals surface area contributed by atoms with Crippen molar-refractivity contribution in [3.8, 4) is 0 Å². The predicted molar refractivity (Wildman–Crippen MR) is 103 cm³/mol. The lowest BCUT2D eigenvalue weighted by molar-refractivity contribution is -0.146. The first-order valence-electron chi connectivity index (χ1n) is 8.79. The number of esters is 1. The van der Waals surface area contributed by atoms with Crippen LogP contribution in [0.25, 0.3) is 0 Å². The molecule has 3 heteroatoms. The highest BCUT2D eigenvalue weighted by Gasteiger charge is 2.13. The van der Waals surface area contributed by atoms with Crippen LogP contribution in [0.1, 0.15) is 16.7 Å². The molecular formula is C23H23NO2. The van der Waals surface area contributed by atoms with Crippen molar-refractivity contribution in [1.29, 1.82) is 0 Å². The predicted octanol–water partition coefficient (Wildman–Crippen LogP) is 4.43. The summed E-state index contributed by atoms with van der Waals surface area (Å²) in [4.78, 5) is 14.5. The van der Waals surface area contributed by atoms with Crippen LogP contribution in [0.15, 0.2) is 91.0 Å². The average Bonchev–Trinajstić information content (AvgIpc) is 2.69. The lowest BCUT2D eigenvalue weighted by atomic mass is 10.1. The van der Waals surface area contributed by atoms with Crippen molar-refractivity contribution >= 4 is 5.97 Å². The molecule has 3 aromatic carbocycles. The Morgan fingerprint density at radius 2 is 1.08 bits per heavy atom. The highest BCUT2D eigenvalue weighted by molar-refractivity contribution is 5.71. The molecule has 0 aliphatic carbocycles. The standard InChI is InChI=1S/C23H23NO2/c25-23(26-19-22-14-8-3-9-15-22)18-24(16-20-10-4-1-5-11-20)17-21-12-6-2-7-13-21/h1-15H,16-19H2. The molecule has 0 aliphatic heterocycles. The Morgan fingerprint density at radius 3 is 1.54 bits per heavy atom. The third kappa shape index (κ3) is 5.87. The number of rotatable bonds is 8. The van der Waals surface area contributed by atoms with E-state index in [0.29, 0.717) is 19.7 Å². The molecule has 0 aromatic heterocycles. The number of hydrogen-bond acceptors (Lipinski definition) is 3. The maximum atomic E-state index is 12.3. The fraction of sp³-hybridized carbons (Fsp3) is 0.174. The molecule has 0 fully saturated rings. The summed E-state index contributed by atoms with van der Waals surface area (Å²) < 4.78 is 5.45. The zero-order valence-corrected chi connectivity index (χ0v) is 14.8. The molecule has 0 aliphatic rings. The van der Waals surface area contributed by atoms with E-state index in [-0.39, 0.29) is 12.5 Å². The van der Waals surface area contributed by atoms with Crippen LogP contribution in [-0.4, -0.2) is 17.4 Å². The Bertz CT molecular complexity index is 747. The molecule has 0 heterocycles. The fourth-order valence-corrected chi connectivity index (χ4v) is 2.82. The molecule has 3 aromatic rings. The number of carbonyl (C=O) groups excluding carboxylic acids is 1. The molecule has 0 unspecified atom stereocenters. The van der Waals surface area contributed by atoms with Crippen LogP contribution in [-0.2, 0) is 29.2 Å². The van der Waals surface area contributed by atoms with E-state index < -0.39 is 0 Å². The van der Waals surface area contributed by atoms with Gasteiger partial charge < -0.3 is 4.74 Å². The van der Waals surface area contributed by atoms with Crippen LogP contribution in [0.3, 0.4) is 0 Å². The van der Waals surface area contributed by atoms with Crippen LogP contribution in [0.5, 0.6) is 0 Å². The van der Waals surface area contributed by atoms with Crippen molar-refractivity contribution in [2.24, 2.45) is 0 Å². The minimum absolute atomic E-state index is 0.208. The van der Waals surface area contributed by atoms with Gasteiger partial charge in [0, 0.05) is 13.1 Å². The number of nitrogens with zero attached hydrogens (tertiary/aromatic N) is 1. The summed E-state index contributed by atoms with van der Waals surface area (Å²) in [5, 5.41) is 0. The van der Waals surface area contributed by atoms with Gasteiger partial charge in [0.15, 0.2) is 0 Å². The molecule has 0 radical (unpaired) electrons. The van der Waals surface area contributed by atoms with Gasteiger partial charge in [0.25, 0.3) is 0 Å². The van der Waals surface area contributed by atoms with Crippen molar-refractivity contribution in [3.05, 3.63) is 108 Å². The molecular weight excluding hydrogens is 322 g/mol. The van der Waals surface area contributed by atoms with Crippen LogP contribution in [0, 0.1) is 0 Å². The molecule has 0 saturated carbocycles. The lowest BCUT2D eigenvalue weighted by Crippen LogP contribution is -2.30. The number of ether oxygens (including phenoxy) is 1. The third-order valence-electron chi connectivity index (χ3n) is 4.09. The number of carbonyl (C=O) groups is 1. The van der Waals surface area contributed by atoms with E-state index in [4.69, 9.17) is 4.74 Å². The Labute approximate surface area is 154 Å². The number of hydrogen-bond donors (Lipinski definition) is 0. The second-order valence-corrected chi connectivity index (χ2v) is 6.26. The van der Waals surface area contributed by atoms with E-state index in [2.05, 4.69) is 29.2 Å². The van der Waals surface area contributed by atoms with Crippen molar-refractivity contribution in [3.63, 3.8) is 0 Å². The molecule has 3 nitrogen and oxygen atoms in total. The van der Waals surface area contributed by atoms with E-state index >= 15 is 0 Å². The monoisotopic (exact) mass is 345 g/mol. The summed E-state index contributed by atoms with van der Waals surface area (Å²) in [7, 11) is 0. The van der Waals surface area contributed by atoms with Gasteiger partial charge >= 0.3 is 5.97 Å². The van der Waals surface area contributed by atoms with E-state index in [1.54, 1.807) is 0 Å². The van der Waals surface area contributed by atoms with Crippen LogP contribution >= 0.6 is 0 Å². The maximum Gasteiger partial charge on any atom is 0.320 e. The molecule has 0 spiro atoms. The normalized spacial score (nSPS) is 10.7. The van der Waals surface area contributed by atoms with Gasteiger partial charge in [-0.2, -0.15) is 0 Å². The molecule has 0 atom stereocenters. The van der Waals surface area contributed by atoms with E-state index in [0.717, 1.165) is 5.56 Å². The average molecular weight is 345 g/mol. The molecule has 132 valence electrons. The van der Waals surface area contributed by atoms with E-state index in [1.165, 1.54) is 11.1 Å². The summed E-state index contributed by atoms with van der Waals surface area (Å²) in [6.45, 7) is 1.98. The molecule has 0 bridgehead atoms. The van der Waals surface area contributed by atoms with Crippen molar-refractivity contribution in [1.82, 2.24) is 4.90 Å². The zero-order valence-electron chi connectivity index (χ0n) is 14.8. The van der Waals surface area contributed by atoms with Gasteiger partial charge in [-0.05, 0) is 16.7 Å². The van der Waals surface area contributed by atoms with E-state index in [9.17, 15) is 4.79 Å². The zero-order chi connectivity index (χ0) is 18.0. The van der Waals surface area contributed by atoms with Gasteiger partial charge in [-0.25, -0.2) is 0 Å². The molecule has 0 saturated heterocycles. The SMILES string of the molecule is O=C(CN(Cc1ccccc1)Cc1ccccc1)OCc1ccccc1. The minimum Gasteiger partial charge on any atom is -0.460 e. The molecule has 3 rings (SSSR count). The molecule has 0 N–H and O–H groups in total. The topological polar surface area (TPSA) is 29.5 Å². The summed E-state index contributed by atoms with van der Waals surface area (Å²) in [5.74, 6) is -0.208.